The summed E-state index contributed by atoms with van der Waals surface area (Å²) in [6.07, 6.45) is 11.4. The van der Waals surface area contributed by atoms with Gasteiger partial charge in [-0.15, -0.1) is 0 Å². The molecule has 0 saturated carbocycles. The van der Waals surface area contributed by atoms with Crippen molar-refractivity contribution in [3.63, 3.8) is 0 Å². The Kier molecular flexibility index (Phi) is 14.6. The fourth-order valence-corrected chi connectivity index (χ4v) is 22.1. The number of hydrogen-bond acceptors (Lipinski definition) is 5. The number of methoxy groups -OCH3 is 1. The number of carbonyl (C=O) groups is 1. The summed E-state index contributed by atoms with van der Waals surface area (Å²) < 4.78 is 24.6. The Morgan fingerprint density at radius 2 is 1.00 bits per heavy atom. The molecule has 5 nitrogen and oxygen atoms in total. The highest BCUT2D eigenvalue weighted by Gasteiger charge is 2.44. The van der Waals surface area contributed by atoms with Crippen LogP contribution in [0.1, 0.15) is 64.2 Å². The molecule has 0 aromatic rings. The lowest BCUT2D eigenvalue weighted by molar-refractivity contribution is -0.140. The summed E-state index contributed by atoms with van der Waals surface area (Å²) in [5.41, 5.74) is 0. The van der Waals surface area contributed by atoms with Crippen molar-refractivity contribution in [3.8, 4) is 0 Å². The van der Waals surface area contributed by atoms with Crippen LogP contribution in [0.25, 0.3) is 0 Å². The SMILES string of the molecule is COC(=O)CCCCCCCCCCC[Si](C)(O[Si](C)(C)C)O[Si](C)(C)O[Si](C)(C)C. The largest absolute Gasteiger partial charge is 0.469 e. The third-order valence-corrected chi connectivity index (χ3v) is 18.3. The first-order chi connectivity index (χ1) is 14.1. The number of unbranched alkanes of at least 4 members (excludes halogenated alkanes) is 8. The summed E-state index contributed by atoms with van der Waals surface area (Å²) in [6, 6.07) is 1.07. The average Bonchev–Trinajstić information content (AvgIpc) is 2.54. The summed E-state index contributed by atoms with van der Waals surface area (Å²) >= 11 is 0. The number of rotatable bonds is 18. The molecule has 0 saturated heterocycles. The molecule has 0 rings (SSSR count). The first-order valence-corrected chi connectivity index (χ1v) is 24.4. The minimum Gasteiger partial charge on any atom is -0.469 e. The van der Waals surface area contributed by atoms with Crippen molar-refractivity contribution in [1.29, 1.82) is 0 Å². The van der Waals surface area contributed by atoms with Crippen molar-refractivity contribution in [3.05, 3.63) is 0 Å². The molecule has 186 valence electrons. The van der Waals surface area contributed by atoms with Gasteiger partial charge in [0.15, 0.2) is 16.6 Å². The second kappa shape index (κ2) is 14.5. The number of ether oxygens (including phenoxy) is 1. The lowest BCUT2D eigenvalue weighted by Crippen LogP contribution is -2.56. The molecule has 9 heteroatoms. The van der Waals surface area contributed by atoms with E-state index in [9.17, 15) is 4.79 Å². The van der Waals surface area contributed by atoms with Gasteiger partial charge in [0.05, 0.1) is 7.11 Å². The fourth-order valence-electron chi connectivity index (χ4n) is 4.10. The topological polar surface area (TPSA) is 54.0 Å². The zero-order chi connectivity index (χ0) is 24.2. The molecular formula is C22H52O5Si4. The Balaban J connectivity index is 4.26. The molecule has 0 fully saturated rings. The Hall–Kier alpha value is 0.218. The van der Waals surface area contributed by atoms with Gasteiger partial charge in [-0.25, -0.2) is 0 Å². The smallest absolute Gasteiger partial charge is 0.315 e. The molecule has 0 amide bonds. The first kappa shape index (κ1) is 31.2. The van der Waals surface area contributed by atoms with Crippen molar-refractivity contribution in [2.75, 3.05) is 7.11 Å². The van der Waals surface area contributed by atoms with E-state index >= 15 is 0 Å². The lowest BCUT2D eigenvalue weighted by Gasteiger charge is -2.41. The Morgan fingerprint density at radius 1 is 0.581 bits per heavy atom. The normalized spacial score (nSPS) is 15.0. The van der Waals surface area contributed by atoms with Crippen LogP contribution in [-0.2, 0) is 21.9 Å². The van der Waals surface area contributed by atoms with Crippen LogP contribution >= 0.6 is 0 Å². The van der Waals surface area contributed by atoms with Gasteiger partial charge in [0.2, 0.25) is 0 Å². The Bertz CT molecular complexity index is 503. The van der Waals surface area contributed by atoms with E-state index in [1.54, 1.807) is 0 Å². The van der Waals surface area contributed by atoms with Gasteiger partial charge in [0.1, 0.15) is 0 Å². The highest BCUT2D eigenvalue weighted by atomic mass is 28.5. The molecule has 0 aromatic heterocycles. The minimum atomic E-state index is -2.24. The van der Waals surface area contributed by atoms with E-state index in [1.165, 1.54) is 52.1 Å². The fraction of sp³-hybridized carbons (Fsp3) is 0.955. The van der Waals surface area contributed by atoms with Gasteiger partial charge in [-0.1, -0.05) is 51.4 Å². The molecule has 0 bridgehead atoms. The van der Waals surface area contributed by atoms with E-state index in [4.69, 9.17) is 12.3 Å². The molecular weight excluding hydrogens is 457 g/mol. The molecule has 0 radical (unpaired) electrons. The number of hydrogen-bond donors (Lipinski definition) is 0. The quantitative estimate of drug-likeness (QED) is 0.109. The molecule has 0 aromatic carbocycles. The van der Waals surface area contributed by atoms with Crippen LogP contribution in [0.3, 0.4) is 0 Å². The van der Waals surface area contributed by atoms with Crippen molar-refractivity contribution >= 4 is 39.7 Å². The van der Waals surface area contributed by atoms with Gasteiger partial charge in [-0.2, -0.15) is 0 Å². The van der Waals surface area contributed by atoms with Gasteiger partial charge in [0.25, 0.3) is 0 Å². The lowest BCUT2D eigenvalue weighted by atomic mass is 10.1. The number of carbonyl (C=O) groups excluding carboxylic acids is 1. The molecule has 31 heavy (non-hydrogen) atoms. The third-order valence-electron chi connectivity index (χ3n) is 4.78. The van der Waals surface area contributed by atoms with Gasteiger partial charge >= 0.3 is 23.1 Å². The average molecular weight is 509 g/mol. The summed E-state index contributed by atoms with van der Waals surface area (Å²) in [5, 5.41) is 0. The highest BCUT2D eigenvalue weighted by Crippen LogP contribution is 2.28. The van der Waals surface area contributed by atoms with Crippen molar-refractivity contribution in [2.24, 2.45) is 0 Å². The summed E-state index contributed by atoms with van der Waals surface area (Å²) in [5.74, 6) is -0.0873. The maximum absolute atomic E-state index is 11.1. The van der Waals surface area contributed by atoms with E-state index in [0.29, 0.717) is 6.42 Å². The summed E-state index contributed by atoms with van der Waals surface area (Å²) in [7, 11) is -6.27. The van der Waals surface area contributed by atoms with E-state index in [0.717, 1.165) is 18.9 Å². The second-order valence-electron chi connectivity index (χ2n) is 11.3. The monoisotopic (exact) mass is 508 g/mol. The third kappa shape index (κ3) is 19.4. The van der Waals surface area contributed by atoms with Crippen LogP contribution in [0.15, 0.2) is 0 Å². The van der Waals surface area contributed by atoms with E-state index in [1.807, 2.05) is 0 Å². The zero-order valence-corrected chi connectivity index (χ0v) is 26.3. The van der Waals surface area contributed by atoms with Crippen LogP contribution in [-0.4, -0.2) is 46.8 Å². The van der Waals surface area contributed by atoms with E-state index < -0.39 is 33.8 Å². The van der Waals surface area contributed by atoms with Crippen LogP contribution in [0, 0.1) is 0 Å². The van der Waals surface area contributed by atoms with E-state index in [2.05, 4.69) is 63.7 Å². The Labute approximate surface area is 197 Å². The molecule has 1 unspecified atom stereocenters. The highest BCUT2D eigenvalue weighted by molar-refractivity contribution is 6.89. The predicted octanol–water partition coefficient (Wildman–Crippen LogP) is 7.55. The van der Waals surface area contributed by atoms with Crippen LogP contribution in [0.2, 0.25) is 65.0 Å². The van der Waals surface area contributed by atoms with Crippen molar-refractivity contribution < 1.29 is 21.9 Å². The van der Waals surface area contributed by atoms with Gasteiger partial charge in [-0.05, 0) is 71.4 Å². The Morgan fingerprint density at radius 3 is 1.42 bits per heavy atom. The molecule has 0 N–H and O–H groups in total. The van der Waals surface area contributed by atoms with Gasteiger partial charge in [-0.3, -0.25) is 4.79 Å². The molecule has 0 aliphatic carbocycles. The predicted molar refractivity (Wildman–Crippen MR) is 142 cm³/mol. The summed E-state index contributed by atoms with van der Waals surface area (Å²) in [4.78, 5) is 11.1. The van der Waals surface area contributed by atoms with Gasteiger partial charge in [0, 0.05) is 6.42 Å². The van der Waals surface area contributed by atoms with Crippen molar-refractivity contribution in [2.45, 2.75) is 129 Å². The van der Waals surface area contributed by atoms with E-state index in [-0.39, 0.29) is 5.97 Å². The van der Waals surface area contributed by atoms with Crippen LogP contribution in [0.4, 0.5) is 0 Å². The minimum absolute atomic E-state index is 0.0873. The first-order valence-electron chi connectivity index (χ1n) is 12.2. The van der Waals surface area contributed by atoms with Gasteiger partial charge < -0.3 is 17.1 Å². The molecule has 0 aliphatic rings. The number of esters is 1. The molecule has 0 heterocycles. The maximum Gasteiger partial charge on any atom is 0.315 e. The van der Waals surface area contributed by atoms with Crippen LogP contribution in [0.5, 0.6) is 0 Å². The van der Waals surface area contributed by atoms with Crippen molar-refractivity contribution in [1.82, 2.24) is 0 Å². The molecule has 0 spiro atoms. The molecule has 0 aliphatic heterocycles. The maximum atomic E-state index is 11.1. The second-order valence-corrected chi connectivity index (χ2v) is 27.8. The molecule has 1 atom stereocenters. The summed E-state index contributed by atoms with van der Waals surface area (Å²) in [6.45, 7) is 20.2. The zero-order valence-electron chi connectivity index (χ0n) is 22.3. The standard InChI is InChI=1S/C22H52O5Si4/c1-24-22(23)20-18-16-14-12-11-13-15-17-19-21-31(10,26-29(5,6)7)27-30(8,9)25-28(2,3)4/h11-21H2,1-10H3. The van der Waals surface area contributed by atoms with Crippen LogP contribution < -0.4 is 0 Å².